The first-order chi connectivity index (χ1) is 16.4. The van der Waals surface area contributed by atoms with Crippen LogP contribution in [0.15, 0.2) is 36.4 Å². The van der Waals surface area contributed by atoms with Crippen LogP contribution in [-0.2, 0) is 22.4 Å². The van der Waals surface area contributed by atoms with E-state index in [-0.39, 0.29) is 24.2 Å². The number of carbonyl (C=O) groups is 1. The maximum atomic E-state index is 13.1. The van der Waals surface area contributed by atoms with Crippen molar-refractivity contribution in [2.45, 2.75) is 58.8 Å². The van der Waals surface area contributed by atoms with Gasteiger partial charge in [-0.15, -0.1) is 0 Å². The fraction of sp³-hybridized carbons (Fsp3) is 0.393. The van der Waals surface area contributed by atoms with Crippen molar-refractivity contribution in [1.82, 2.24) is 14.5 Å². The second-order valence-electron chi connectivity index (χ2n) is 9.69. The van der Waals surface area contributed by atoms with Crippen LogP contribution in [0.3, 0.4) is 0 Å². The number of nitriles is 1. The van der Waals surface area contributed by atoms with Gasteiger partial charge in [0.25, 0.3) is 0 Å². The van der Waals surface area contributed by atoms with Gasteiger partial charge in [-0.3, -0.25) is 4.79 Å². The number of amides is 1. The zero-order valence-corrected chi connectivity index (χ0v) is 20.2. The van der Waals surface area contributed by atoms with E-state index >= 15 is 0 Å². The lowest BCUT2D eigenvalue weighted by Crippen LogP contribution is -2.47. The molecule has 2 atom stereocenters. The van der Waals surface area contributed by atoms with Crippen molar-refractivity contribution >= 4 is 23.0 Å². The predicted octanol–water partition coefficient (Wildman–Crippen LogP) is 4.51. The molecular formula is C28H30N4O2. The second-order valence-corrected chi connectivity index (χ2v) is 9.69. The zero-order valence-electron chi connectivity index (χ0n) is 20.2. The van der Waals surface area contributed by atoms with Crippen LogP contribution in [0.5, 0.6) is 0 Å². The lowest BCUT2D eigenvalue weighted by molar-refractivity contribution is -0.137. The molecule has 0 N–H and O–H groups in total. The van der Waals surface area contributed by atoms with Crippen molar-refractivity contribution in [1.29, 1.82) is 5.26 Å². The summed E-state index contributed by atoms with van der Waals surface area (Å²) >= 11 is 0. The summed E-state index contributed by atoms with van der Waals surface area (Å²) < 4.78 is 7.97. The third-order valence-electron chi connectivity index (χ3n) is 6.94. The number of benzene rings is 1. The van der Waals surface area contributed by atoms with Gasteiger partial charge < -0.3 is 14.2 Å². The molecule has 1 aromatic carbocycles. The Hall–Kier alpha value is -3.43. The predicted molar refractivity (Wildman–Crippen MR) is 132 cm³/mol. The molecule has 34 heavy (non-hydrogen) atoms. The topological polar surface area (TPSA) is 71.2 Å². The van der Waals surface area contributed by atoms with Gasteiger partial charge in [0.15, 0.2) is 0 Å². The monoisotopic (exact) mass is 454 g/mol. The van der Waals surface area contributed by atoms with Crippen LogP contribution in [0.1, 0.15) is 53.5 Å². The molecule has 0 spiro atoms. The van der Waals surface area contributed by atoms with E-state index in [1.807, 2.05) is 44.7 Å². The Kier molecular flexibility index (Phi) is 5.75. The van der Waals surface area contributed by atoms with Crippen molar-refractivity contribution in [2.24, 2.45) is 0 Å². The average molecular weight is 455 g/mol. The van der Waals surface area contributed by atoms with Gasteiger partial charge in [-0.2, -0.15) is 5.26 Å². The van der Waals surface area contributed by atoms with Crippen molar-refractivity contribution in [2.75, 3.05) is 13.1 Å². The Labute approximate surface area is 200 Å². The second kappa shape index (κ2) is 8.73. The molecule has 2 aliphatic rings. The molecule has 1 aliphatic carbocycles. The molecule has 5 rings (SSSR count). The van der Waals surface area contributed by atoms with E-state index < -0.39 is 0 Å². The molecular weight excluding hydrogens is 424 g/mol. The minimum absolute atomic E-state index is 0.00837. The molecule has 2 unspecified atom stereocenters. The summed E-state index contributed by atoms with van der Waals surface area (Å²) in [6.07, 6.45) is 5.22. The molecule has 3 heterocycles. The lowest BCUT2D eigenvalue weighted by atomic mass is 10.1. The minimum Gasteiger partial charge on any atom is -0.372 e. The lowest BCUT2D eigenvalue weighted by Gasteiger charge is -2.34. The largest absolute Gasteiger partial charge is 0.372 e. The summed E-state index contributed by atoms with van der Waals surface area (Å²) in [5, 5.41) is 11.1. The van der Waals surface area contributed by atoms with E-state index in [4.69, 9.17) is 9.72 Å². The Bertz CT molecular complexity index is 1310. The molecule has 3 aromatic rings. The number of fused-ring (bicyclic) bond motifs is 2. The number of rotatable bonds is 3. The number of hydrogen-bond acceptors (Lipinski definition) is 4. The Morgan fingerprint density at radius 2 is 1.79 bits per heavy atom. The third kappa shape index (κ3) is 3.91. The van der Waals surface area contributed by atoms with E-state index in [2.05, 4.69) is 34.9 Å². The Balaban J connectivity index is 1.60. The van der Waals surface area contributed by atoms with Gasteiger partial charge in [0.2, 0.25) is 5.91 Å². The first kappa shape index (κ1) is 22.4. The van der Waals surface area contributed by atoms with Crippen LogP contribution in [0, 0.1) is 25.2 Å². The number of pyridine rings is 1. The molecule has 0 bridgehead atoms. The van der Waals surface area contributed by atoms with Crippen LogP contribution in [0.4, 0.5) is 0 Å². The number of carbonyl (C=O) groups excluding carboxylic acids is 1. The normalized spacial score (nSPS) is 20.7. The van der Waals surface area contributed by atoms with Crippen molar-refractivity contribution in [3.63, 3.8) is 0 Å². The molecule has 1 amide bonds. The van der Waals surface area contributed by atoms with Crippen molar-refractivity contribution in [3.8, 4) is 6.07 Å². The van der Waals surface area contributed by atoms with Crippen LogP contribution in [-0.4, -0.2) is 45.7 Å². The number of aryl methyl sites for hydroxylation is 2. The Morgan fingerprint density at radius 3 is 2.41 bits per heavy atom. The van der Waals surface area contributed by atoms with Crippen LogP contribution in [0.2, 0.25) is 0 Å². The summed E-state index contributed by atoms with van der Waals surface area (Å²) in [5.74, 6) is -0.0572. The van der Waals surface area contributed by atoms with E-state index in [1.165, 1.54) is 11.1 Å². The molecule has 6 heteroatoms. The maximum Gasteiger partial charge on any atom is 0.246 e. The van der Waals surface area contributed by atoms with Gasteiger partial charge in [-0.25, -0.2) is 4.98 Å². The van der Waals surface area contributed by atoms with Crippen LogP contribution >= 0.6 is 0 Å². The van der Waals surface area contributed by atoms with Gasteiger partial charge in [0.05, 0.1) is 23.5 Å². The van der Waals surface area contributed by atoms with E-state index in [9.17, 15) is 10.1 Å². The molecule has 1 saturated heterocycles. The number of ether oxygens (including phenoxy) is 1. The highest BCUT2D eigenvalue weighted by Crippen LogP contribution is 2.37. The molecule has 2 aromatic heterocycles. The smallest absolute Gasteiger partial charge is 0.246 e. The number of nitrogens with zero attached hydrogens (tertiary/aromatic N) is 4. The van der Waals surface area contributed by atoms with E-state index in [0.717, 1.165) is 40.8 Å². The highest BCUT2D eigenvalue weighted by atomic mass is 16.5. The number of hydrogen-bond donors (Lipinski definition) is 0. The van der Waals surface area contributed by atoms with Gasteiger partial charge >= 0.3 is 0 Å². The molecule has 0 saturated carbocycles. The summed E-state index contributed by atoms with van der Waals surface area (Å²) in [6, 6.07) is 13.1. The van der Waals surface area contributed by atoms with Gasteiger partial charge in [-0.05, 0) is 69.4 Å². The number of aromatic nitrogens is 2. The maximum absolute atomic E-state index is 13.1. The van der Waals surface area contributed by atoms with E-state index in [1.54, 1.807) is 6.08 Å². The van der Waals surface area contributed by atoms with Gasteiger partial charge in [0, 0.05) is 36.3 Å². The summed E-state index contributed by atoms with van der Waals surface area (Å²) in [7, 11) is 0. The van der Waals surface area contributed by atoms with Gasteiger partial charge in [-0.1, -0.05) is 24.3 Å². The molecule has 174 valence electrons. The molecule has 6 nitrogen and oxygen atoms in total. The first-order valence-corrected chi connectivity index (χ1v) is 12.0. The van der Waals surface area contributed by atoms with E-state index in [0.29, 0.717) is 18.7 Å². The standard InChI is InChI=1S/C28H30N4O2/c1-17-11-18(2)30-28-27(17)24(14-29)25(9-10-26(33)31-15-19(3)34-20(4)16-31)32(28)23-12-21-7-5-6-8-22(21)13-23/h5-11,19-20,23H,12-13,15-16H2,1-4H3. The number of morpholine rings is 1. The zero-order chi connectivity index (χ0) is 24.0. The minimum atomic E-state index is -0.0572. The summed E-state index contributed by atoms with van der Waals surface area (Å²) in [4.78, 5) is 19.8. The molecule has 1 fully saturated rings. The van der Waals surface area contributed by atoms with Gasteiger partial charge in [0.1, 0.15) is 11.7 Å². The highest BCUT2D eigenvalue weighted by molar-refractivity contribution is 5.96. The molecule has 0 radical (unpaired) electrons. The van der Waals surface area contributed by atoms with Crippen LogP contribution < -0.4 is 0 Å². The first-order valence-electron chi connectivity index (χ1n) is 12.0. The summed E-state index contributed by atoms with van der Waals surface area (Å²) in [5.41, 5.74) is 6.80. The summed E-state index contributed by atoms with van der Waals surface area (Å²) in [6.45, 7) is 9.12. The van der Waals surface area contributed by atoms with Crippen molar-refractivity contribution < 1.29 is 9.53 Å². The third-order valence-corrected chi connectivity index (χ3v) is 6.94. The quantitative estimate of drug-likeness (QED) is 0.546. The fourth-order valence-electron chi connectivity index (χ4n) is 5.64. The average Bonchev–Trinajstić information content (AvgIpc) is 3.34. The van der Waals surface area contributed by atoms with Crippen LogP contribution in [0.25, 0.3) is 17.1 Å². The molecule has 1 aliphatic heterocycles. The highest BCUT2D eigenvalue weighted by Gasteiger charge is 2.29. The SMILES string of the molecule is Cc1cc(C)c2c(C#N)c(C=CC(=O)N3CC(C)OC(C)C3)n(C3Cc4ccccc4C3)c2n1. The van der Waals surface area contributed by atoms with Crippen molar-refractivity contribution in [3.05, 3.63) is 70.0 Å². The Morgan fingerprint density at radius 1 is 1.15 bits per heavy atom. The fourth-order valence-corrected chi connectivity index (χ4v) is 5.64.